The largest absolute Gasteiger partial charge is 0.372 e. The van der Waals surface area contributed by atoms with Gasteiger partial charge in [-0.25, -0.2) is 0 Å². The molecule has 0 saturated carbocycles. The molecule has 0 aromatic rings. The average molecular weight is 593 g/mol. The van der Waals surface area contributed by atoms with Gasteiger partial charge in [-0.2, -0.15) is 5.26 Å². The van der Waals surface area contributed by atoms with E-state index in [1.807, 2.05) is 24.4 Å². The summed E-state index contributed by atoms with van der Waals surface area (Å²) in [5.41, 5.74) is 6.98. The monoisotopic (exact) mass is 593 g/mol. The highest BCUT2D eigenvalue weighted by molar-refractivity contribution is 6.03. The lowest BCUT2D eigenvalue weighted by Crippen LogP contribution is -2.48. The second-order valence-electron chi connectivity index (χ2n) is 11.5. The zero-order valence-corrected chi connectivity index (χ0v) is 30.2. The number of hydrogen-bond donors (Lipinski definition) is 1. The fraction of sp³-hybridized carbons (Fsp3) is 0.641. The molecule has 1 rings (SSSR count). The van der Waals surface area contributed by atoms with E-state index in [1.165, 1.54) is 36.1 Å². The van der Waals surface area contributed by atoms with Crippen molar-refractivity contribution in [3.63, 3.8) is 0 Å². The third kappa shape index (κ3) is 20.0. The Morgan fingerprint density at radius 3 is 2.21 bits per heavy atom. The topological polar surface area (TPSA) is 51.4 Å². The van der Waals surface area contributed by atoms with Gasteiger partial charge in [0, 0.05) is 48.9 Å². The smallest absolute Gasteiger partial charge is 0.0991 e. The molecule has 1 saturated heterocycles. The van der Waals surface area contributed by atoms with E-state index in [0.717, 1.165) is 69.4 Å². The highest BCUT2D eigenvalue weighted by Crippen LogP contribution is 2.28. The Kier molecular flexibility index (Phi) is 27.8. The van der Waals surface area contributed by atoms with Gasteiger partial charge < -0.3 is 10.2 Å². The van der Waals surface area contributed by atoms with Crippen molar-refractivity contribution in [2.75, 3.05) is 19.6 Å². The van der Waals surface area contributed by atoms with Crippen LogP contribution in [0.15, 0.2) is 76.1 Å². The molecule has 0 aliphatic carbocycles. The summed E-state index contributed by atoms with van der Waals surface area (Å²) >= 11 is 0. The van der Waals surface area contributed by atoms with Crippen LogP contribution < -0.4 is 5.32 Å². The van der Waals surface area contributed by atoms with Gasteiger partial charge in [0.25, 0.3) is 0 Å². The predicted molar refractivity (Wildman–Crippen MR) is 194 cm³/mol. The molecule has 0 aromatic heterocycles. The second kappa shape index (κ2) is 28.1. The first-order chi connectivity index (χ1) is 20.6. The van der Waals surface area contributed by atoms with Crippen LogP contribution >= 0.6 is 0 Å². The molecular weight excluding hydrogens is 524 g/mol. The summed E-state index contributed by atoms with van der Waals surface area (Å²) in [6.07, 6.45) is 22.6. The first-order valence-corrected chi connectivity index (χ1v) is 17.1. The normalized spacial score (nSPS) is 17.5. The molecule has 0 amide bonds. The van der Waals surface area contributed by atoms with Crippen molar-refractivity contribution >= 4 is 5.71 Å². The van der Waals surface area contributed by atoms with Crippen LogP contribution in [0.2, 0.25) is 0 Å². The summed E-state index contributed by atoms with van der Waals surface area (Å²) in [5, 5.41) is 12.4. The minimum atomic E-state index is 0.532. The number of rotatable bonds is 15. The molecule has 43 heavy (non-hydrogen) atoms. The molecular formula is C39H68N4. The van der Waals surface area contributed by atoms with Gasteiger partial charge in [0.05, 0.1) is 11.6 Å². The molecule has 0 spiro atoms. The molecule has 244 valence electrons. The Hall–Kier alpha value is -2.64. The van der Waals surface area contributed by atoms with Gasteiger partial charge in [-0.05, 0) is 77.0 Å². The molecule has 4 nitrogen and oxygen atoms in total. The third-order valence-electron chi connectivity index (χ3n) is 7.44. The van der Waals surface area contributed by atoms with Crippen LogP contribution in [0, 0.1) is 17.2 Å². The minimum absolute atomic E-state index is 0.532. The van der Waals surface area contributed by atoms with Gasteiger partial charge in [0.1, 0.15) is 0 Å². The van der Waals surface area contributed by atoms with Crippen LogP contribution in [0.5, 0.6) is 0 Å². The molecule has 1 aliphatic heterocycles. The Morgan fingerprint density at radius 2 is 1.74 bits per heavy atom. The van der Waals surface area contributed by atoms with Crippen molar-refractivity contribution in [3.8, 4) is 6.07 Å². The minimum Gasteiger partial charge on any atom is -0.372 e. The lowest BCUT2D eigenvalue weighted by Gasteiger charge is -2.36. The number of hydrogen-bond acceptors (Lipinski definition) is 4. The zero-order chi connectivity index (χ0) is 33.0. The lowest BCUT2D eigenvalue weighted by atomic mass is 9.87. The predicted octanol–water partition coefficient (Wildman–Crippen LogP) is 11.3. The number of nitrogens with zero attached hydrogens (tertiary/aromatic N) is 3. The molecule has 1 N–H and O–H groups in total. The van der Waals surface area contributed by atoms with Crippen LogP contribution in [0.1, 0.15) is 134 Å². The number of nitrogens with one attached hydrogen (secondary N) is 1. The molecule has 1 aliphatic rings. The van der Waals surface area contributed by atoms with Crippen LogP contribution in [0.3, 0.4) is 0 Å². The summed E-state index contributed by atoms with van der Waals surface area (Å²) in [6.45, 7) is 31.3. The van der Waals surface area contributed by atoms with Gasteiger partial charge in [-0.15, -0.1) is 0 Å². The van der Waals surface area contributed by atoms with Crippen LogP contribution in [-0.2, 0) is 0 Å². The first-order valence-electron chi connectivity index (χ1n) is 17.1. The van der Waals surface area contributed by atoms with E-state index in [1.54, 1.807) is 0 Å². The van der Waals surface area contributed by atoms with E-state index in [-0.39, 0.29) is 0 Å². The summed E-state index contributed by atoms with van der Waals surface area (Å²) in [5.74, 6) is 0.542. The number of unbranched alkanes of at least 4 members (excludes halogenated alkanes) is 3. The van der Waals surface area contributed by atoms with Crippen molar-refractivity contribution in [2.45, 2.75) is 140 Å². The summed E-state index contributed by atoms with van der Waals surface area (Å²) < 4.78 is 0. The second-order valence-corrected chi connectivity index (χ2v) is 11.5. The van der Waals surface area contributed by atoms with Crippen molar-refractivity contribution in [1.82, 2.24) is 10.2 Å². The first kappa shape index (κ1) is 42.5. The molecule has 4 heteroatoms. The van der Waals surface area contributed by atoms with E-state index >= 15 is 0 Å². The van der Waals surface area contributed by atoms with E-state index in [4.69, 9.17) is 10.3 Å². The van der Waals surface area contributed by atoms with Crippen molar-refractivity contribution < 1.29 is 0 Å². The number of piperazine rings is 1. The Morgan fingerprint density at radius 1 is 1.07 bits per heavy atom. The Labute approximate surface area is 268 Å². The van der Waals surface area contributed by atoms with Crippen LogP contribution in [-0.4, -0.2) is 36.3 Å². The van der Waals surface area contributed by atoms with Gasteiger partial charge in [-0.3, -0.25) is 4.99 Å². The van der Waals surface area contributed by atoms with Gasteiger partial charge in [0.15, 0.2) is 0 Å². The highest BCUT2D eigenvalue weighted by atomic mass is 15.2. The number of allylic oxidation sites excluding steroid dienone is 10. The highest BCUT2D eigenvalue weighted by Gasteiger charge is 2.22. The SMILES string of the molecule is C=C(/C=C(C#N)\C=C/CCC)CCC.CCCCC.C\C=C(C(/C(C)=N/C=C/CC)=C(/C)N1CCNC(C)C1)\C(C)CC. The molecule has 2 unspecified atom stereocenters. The molecule has 2 atom stereocenters. The zero-order valence-electron chi connectivity index (χ0n) is 30.2. The average Bonchev–Trinajstić information content (AvgIpc) is 3.00. The fourth-order valence-electron chi connectivity index (χ4n) is 4.77. The quantitative estimate of drug-likeness (QED) is 0.117. The van der Waals surface area contributed by atoms with Crippen LogP contribution in [0.4, 0.5) is 0 Å². The van der Waals surface area contributed by atoms with E-state index in [9.17, 15) is 0 Å². The lowest BCUT2D eigenvalue weighted by molar-refractivity contribution is 0.255. The van der Waals surface area contributed by atoms with Gasteiger partial charge in [0.2, 0.25) is 0 Å². The Bertz CT molecular complexity index is 966. The molecule has 1 fully saturated rings. The number of nitriles is 1. The van der Waals surface area contributed by atoms with Crippen molar-refractivity contribution in [1.29, 1.82) is 5.26 Å². The molecule has 1 heterocycles. The van der Waals surface area contributed by atoms with Gasteiger partial charge >= 0.3 is 0 Å². The van der Waals surface area contributed by atoms with Crippen molar-refractivity contribution in [3.05, 3.63) is 71.1 Å². The molecule has 0 radical (unpaired) electrons. The summed E-state index contributed by atoms with van der Waals surface area (Å²) in [7, 11) is 0. The maximum Gasteiger partial charge on any atom is 0.0991 e. The fourth-order valence-corrected chi connectivity index (χ4v) is 4.77. The third-order valence-corrected chi connectivity index (χ3v) is 7.44. The molecule has 0 aromatic carbocycles. The van der Waals surface area contributed by atoms with E-state index in [0.29, 0.717) is 17.5 Å². The number of aliphatic imine (C=N–C) groups is 1. The summed E-state index contributed by atoms with van der Waals surface area (Å²) in [6, 6.07) is 2.70. The summed E-state index contributed by atoms with van der Waals surface area (Å²) in [4.78, 5) is 7.25. The van der Waals surface area contributed by atoms with E-state index < -0.39 is 0 Å². The maximum absolute atomic E-state index is 8.83. The van der Waals surface area contributed by atoms with Crippen LogP contribution in [0.25, 0.3) is 0 Å². The Balaban J connectivity index is 0. The maximum atomic E-state index is 8.83. The standard InChI is InChI=1S/C21H37N3.C13H19N.C5H12/c1-8-11-12-23-18(6)21(20(10-3)16(4)9-2)19(7)24-14-13-22-17(5)15-24;1-4-6-7-9-13(11-14)10-12(3)8-5-2;1-3-5-4-2/h10-12,16-17,22H,8-9,13-15H2,1-7H3;7,9-10H,3-6,8H2,1-2H3;3-5H2,1-2H3/b12-11+,20-10-,21-19-,23-18+;9-7-,13-10+;. The van der Waals surface area contributed by atoms with Gasteiger partial charge in [-0.1, -0.05) is 111 Å². The van der Waals surface area contributed by atoms with Crippen molar-refractivity contribution in [2.24, 2.45) is 10.9 Å². The van der Waals surface area contributed by atoms with E-state index in [2.05, 4.69) is 111 Å². The molecule has 0 bridgehead atoms.